The van der Waals surface area contributed by atoms with Gasteiger partial charge in [0, 0.05) is 48.9 Å². The van der Waals surface area contributed by atoms with Crippen molar-refractivity contribution in [3.05, 3.63) is 95.9 Å². The molecule has 3 amide bonds. The minimum absolute atomic E-state index is 0.0243. The van der Waals surface area contributed by atoms with Crippen molar-refractivity contribution in [1.29, 1.82) is 0 Å². The highest BCUT2D eigenvalue weighted by atomic mass is 19.2. The predicted molar refractivity (Wildman–Crippen MR) is 203 cm³/mol. The number of nitrogens with one attached hydrogen (secondary N) is 1. The van der Waals surface area contributed by atoms with Gasteiger partial charge in [-0.3, -0.25) is 4.79 Å². The number of carboxylic acid groups (broad SMARTS) is 1. The first-order valence-electron chi connectivity index (χ1n) is 18.3. The van der Waals surface area contributed by atoms with Crippen LogP contribution in [0.5, 0.6) is 11.6 Å². The number of anilines is 1. The fourth-order valence-electron chi connectivity index (χ4n) is 7.08. The SMILES string of the molecule is CC(C)(C)OC(=O)N1CCC(Oc2ccc(NC(=O)c3cnc(OC4CCN(C(=O)O)C4C(C)(C)C)c(-c4ccc(F)c(F)c4)c3)cc2-c2ccc(F)cc2)C1. The van der Waals surface area contributed by atoms with Crippen molar-refractivity contribution in [1.82, 2.24) is 14.8 Å². The molecule has 3 atom stereocenters. The van der Waals surface area contributed by atoms with Crippen LogP contribution in [0.15, 0.2) is 72.9 Å². The Morgan fingerprint density at radius 2 is 1.54 bits per heavy atom. The third-order valence-electron chi connectivity index (χ3n) is 9.57. The van der Waals surface area contributed by atoms with Crippen molar-refractivity contribution >= 4 is 23.8 Å². The molecule has 14 heteroatoms. The lowest BCUT2D eigenvalue weighted by molar-refractivity contribution is 0.0275. The average Bonchev–Trinajstić information content (AvgIpc) is 3.78. The van der Waals surface area contributed by atoms with E-state index in [1.807, 2.05) is 20.8 Å². The molecule has 0 saturated carbocycles. The number of carbonyl (C=O) groups excluding carboxylic acids is 2. The number of hydrogen-bond acceptors (Lipinski definition) is 7. The first kappa shape index (κ1) is 39.9. The summed E-state index contributed by atoms with van der Waals surface area (Å²) in [6.45, 7) is 12.1. The number of amides is 3. The second-order valence-electron chi connectivity index (χ2n) is 16.1. The van der Waals surface area contributed by atoms with E-state index < -0.39 is 58.7 Å². The first-order valence-corrected chi connectivity index (χ1v) is 18.3. The molecule has 2 aliphatic rings. The van der Waals surface area contributed by atoms with E-state index >= 15 is 0 Å². The van der Waals surface area contributed by atoms with Crippen LogP contribution in [-0.4, -0.2) is 81.5 Å². The van der Waals surface area contributed by atoms with E-state index in [2.05, 4.69) is 10.3 Å². The molecule has 0 spiro atoms. The van der Waals surface area contributed by atoms with Crippen LogP contribution in [0.25, 0.3) is 22.3 Å². The molecule has 11 nitrogen and oxygen atoms in total. The molecular weight excluding hydrogens is 729 g/mol. The van der Waals surface area contributed by atoms with Crippen molar-refractivity contribution < 1.29 is 46.9 Å². The molecule has 4 aromatic rings. The van der Waals surface area contributed by atoms with E-state index in [-0.39, 0.29) is 35.2 Å². The molecule has 6 rings (SSSR count). The second-order valence-corrected chi connectivity index (χ2v) is 16.1. The number of rotatable bonds is 8. The highest BCUT2D eigenvalue weighted by Crippen LogP contribution is 2.39. The molecule has 0 aliphatic carbocycles. The van der Waals surface area contributed by atoms with Crippen molar-refractivity contribution in [2.45, 2.75) is 78.2 Å². The summed E-state index contributed by atoms with van der Waals surface area (Å²) >= 11 is 0. The summed E-state index contributed by atoms with van der Waals surface area (Å²) in [4.78, 5) is 45.9. The van der Waals surface area contributed by atoms with Gasteiger partial charge < -0.3 is 34.4 Å². The summed E-state index contributed by atoms with van der Waals surface area (Å²) in [5.41, 5.74) is 0.853. The molecule has 2 fully saturated rings. The van der Waals surface area contributed by atoms with E-state index in [9.17, 15) is 32.7 Å². The summed E-state index contributed by atoms with van der Waals surface area (Å²) in [7, 11) is 0. The number of hydrogen-bond donors (Lipinski definition) is 2. The van der Waals surface area contributed by atoms with Gasteiger partial charge in [0.2, 0.25) is 5.88 Å². The summed E-state index contributed by atoms with van der Waals surface area (Å²) in [5.74, 6) is -2.70. The van der Waals surface area contributed by atoms with Crippen molar-refractivity contribution in [3.8, 4) is 33.9 Å². The Bertz CT molecular complexity index is 2120. The molecule has 56 heavy (non-hydrogen) atoms. The molecule has 0 radical (unpaired) electrons. The highest BCUT2D eigenvalue weighted by Gasteiger charge is 2.46. The zero-order valence-corrected chi connectivity index (χ0v) is 32.1. The van der Waals surface area contributed by atoms with E-state index in [4.69, 9.17) is 14.2 Å². The smallest absolute Gasteiger partial charge is 0.410 e. The van der Waals surface area contributed by atoms with Crippen molar-refractivity contribution in [3.63, 3.8) is 0 Å². The number of aromatic nitrogens is 1. The van der Waals surface area contributed by atoms with Crippen LogP contribution in [0, 0.1) is 22.9 Å². The molecule has 1 aromatic heterocycles. The third kappa shape index (κ3) is 9.18. The van der Waals surface area contributed by atoms with Gasteiger partial charge in [0.25, 0.3) is 5.91 Å². The fraction of sp³-hybridized carbons (Fsp3) is 0.381. The number of nitrogens with zero attached hydrogens (tertiary/aromatic N) is 3. The lowest BCUT2D eigenvalue weighted by Crippen LogP contribution is -2.48. The Morgan fingerprint density at radius 1 is 0.821 bits per heavy atom. The Morgan fingerprint density at radius 3 is 2.20 bits per heavy atom. The summed E-state index contributed by atoms with van der Waals surface area (Å²) < 4.78 is 60.7. The molecule has 0 bridgehead atoms. The molecule has 3 unspecified atom stereocenters. The van der Waals surface area contributed by atoms with E-state index in [0.717, 1.165) is 12.1 Å². The maximum Gasteiger partial charge on any atom is 0.410 e. The van der Waals surface area contributed by atoms with E-state index in [0.29, 0.717) is 48.5 Å². The molecule has 3 heterocycles. The zero-order valence-electron chi connectivity index (χ0n) is 32.1. The predicted octanol–water partition coefficient (Wildman–Crippen LogP) is 9.02. The van der Waals surface area contributed by atoms with Crippen LogP contribution in [0.2, 0.25) is 0 Å². The molecule has 296 valence electrons. The molecule has 2 aliphatic heterocycles. The van der Waals surface area contributed by atoms with Gasteiger partial charge in [-0.25, -0.2) is 27.7 Å². The lowest BCUT2D eigenvalue weighted by Gasteiger charge is -2.36. The van der Waals surface area contributed by atoms with Gasteiger partial charge in [-0.1, -0.05) is 39.0 Å². The largest absolute Gasteiger partial charge is 0.488 e. The molecule has 3 aromatic carbocycles. The number of halogens is 3. The van der Waals surface area contributed by atoms with E-state index in [1.54, 1.807) is 56.0 Å². The van der Waals surface area contributed by atoms with Gasteiger partial charge in [0.1, 0.15) is 29.4 Å². The Kier molecular flexibility index (Phi) is 11.2. The summed E-state index contributed by atoms with van der Waals surface area (Å²) in [5, 5.41) is 12.7. The minimum Gasteiger partial charge on any atom is -0.488 e. The van der Waals surface area contributed by atoms with Crippen LogP contribution in [-0.2, 0) is 4.74 Å². The standard InChI is InChI=1S/C42H45F3N4O7/c1-41(2,3)36-35(16-18-49(36)39(51)52)55-38-31(25-9-13-32(44)33(45)20-25)19-26(22-46-38)37(50)47-28-12-14-34(30(21-28)24-7-10-27(43)11-8-24)54-29-15-17-48(23-29)40(53)56-42(4,5)6/h7-14,19-22,29,35-36H,15-18,23H2,1-6H3,(H,47,50)(H,51,52). The molecular formula is C42H45F3N4O7. The number of ether oxygens (including phenoxy) is 3. The maximum atomic E-state index is 14.5. The van der Waals surface area contributed by atoms with Gasteiger partial charge in [-0.15, -0.1) is 0 Å². The second kappa shape index (κ2) is 15.8. The van der Waals surface area contributed by atoms with Gasteiger partial charge in [0.15, 0.2) is 11.6 Å². The van der Waals surface area contributed by atoms with Crippen LogP contribution < -0.4 is 14.8 Å². The van der Waals surface area contributed by atoms with Gasteiger partial charge in [0.05, 0.1) is 18.2 Å². The van der Waals surface area contributed by atoms with Gasteiger partial charge in [-0.2, -0.15) is 0 Å². The summed E-state index contributed by atoms with van der Waals surface area (Å²) in [6.07, 6.45) is -0.255. The van der Waals surface area contributed by atoms with Gasteiger partial charge in [-0.05, 0) is 85.8 Å². The number of carbonyl (C=O) groups is 3. The molecule has 2 saturated heterocycles. The number of likely N-dealkylation sites (tertiary alicyclic amines) is 2. The van der Waals surface area contributed by atoms with Crippen LogP contribution >= 0.6 is 0 Å². The number of benzene rings is 3. The van der Waals surface area contributed by atoms with Crippen LogP contribution in [0.3, 0.4) is 0 Å². The summed E-state index contributed by atoms with van der Waals surface area (Å²) in [6, 6.07) is 15.0. The third-order valence-corrected chi connectivity index (χ3v) is 9.57. The average molecular weight is 775 g/mol. The first-order chi connectivity index (χ1) is 26.4. The monoisotopic (exact) mass is 774 g/mol. The fourth-order valence-corrected chi connectivity index (χ4v) is 7.08. The van der Waals surface area contributed by atoms with Crippen LogP contribution in [0.4, 0.5) is 28.4 Å². The highest BCUT2D eigenvalue weighted by molar-refractivity contribution is 6.05. The maximum absolute atomic E-state index is 14.5. The Hall–Kier alpha value is -5.79. The number of pyridine rings is 1. The Balaban J connectivity index is 1.28. The van der Waals surface area contributed by atoms with Crippen molar-refractivity contribution in [2.75, 3.05) is 25.0 Å². The van der Waals surface area contributed by atoms with E-state index in [1.165, 1.54) is 35.4 Å². The zero-order chi connectivity index (χ0) is 40.5. The molecule has 2 N–H and O–H groups in total. The quantitative estimate of drug-likeness (QED) is 0.182. The normalized spacial score (nSPS) is 18.5. The topological polar surface area (TPSA) is 131 Å². The van der Waals surface area contributed by atoms with Crippen LogP contribution in [0.1, 0.15) is 64.7 Å². The minimum atomic E-state index is -1.11. The lowest BCUT2D eigenvalue weighted by atomic mass is 9.84. The van der Waals surface area contributed by atoms with Crippen molar-refractivity contribution in [2.24, 2.45) is 5.41 Å². The van der Waals surface area contributed by atoms with Gasteiger partial charge >= 0.3 is 12.2 Å². The Labute approximate surface area is 323 Å².